The van der Waals surface area contributed by atoms with Gasteiger partial charge in [-0.3, -0.25) is 0 Å². The summed E-state index contributed by atoms with van der Waals surface area (Å²) in [5.41, 5.74) is 14.9. The Morgan fingerprint density at radius 1 is 0.182 bits per heavy atom. The fraction of sp³-hybridized carbons (Fsp3) is 0. The van der Waals surface area contributed by atoms with Crippen LogP contribution in [0.1, 0.15) is 0 Å². The van der Waals surface area contributed by atoms with Crippen LogP contribution in [-0.2, 0) is 4.57 Å². The second kappa shape index (κ2) is 22.0. The van der Waals surface area contributed by atoms with Crippen molar-refractivity contribution >= 4 is 7.82 Å². The van der Waals surface area contributed by atoms with E-state index in [0.717, 1.165) is 83.5 Å². The molecule has 0 fully saturated rings. The van der Waals surface area contributed by atoms with Crippen molar-refractivity contribution in [1.29, 1.82) is 0 Å². The van der Waals surface area contributed by atoms with Crippen molar-refractivity contribution in [1.82, 2.24) is 0 Å². The summed E-state index contributed by atoms with van der Waals surface area (Å²) in [5.74, 6) is 0.988. The summed E-state index contributed by atoms with van der Waals surface area (Å²) in [6, 6.07) is 104. The third kappa shape index (κ3) is 10.1. The van der Waals surface area contributed by atoms with Crippen LogP contribution in [0.4, 0.5) is 0 Å². The van der Waals surface area contributed by atoms with Crippen LogP contribution in [0.5, 0.6) is 17.2 Å². The highest BCUT2D eigenvalue weighted by molar-refractivity contribution is 7.49. The first-order chi connectivity index (χ1) is 38.1. The molecule has 368 valence electrons. The van der Waals surface area contributed by atoms with Crippen molar-refractivity contribution in [3.63, 3.8) is 0 Å². The molecule has 0 aliphatic carbocycles. The molecule has 12 aromatic carbocycles. The lowest BCUT2D eigenvalue weighted by atomic mass is 9.90. The van der Waals surface area contributed by atoms with Gasteiger partial charge in [0.2, 0.25) is 0 Å². The van der Waals surface area contributed by atoms with Gasteiger partial charge in [-0.25, -0.2) is 0 Å². The minimum Gasteiger partial charge on any atom is -0.385 e. The van der Waals surface area contributed by atoms with Crippen molar-refractivity contribution in [2.45, 2.75) is 0 Å². The van der Waals surface area contributed by atoms with Gasteiger partial charge in [0.15, 0.2) is 0 Å². The molecular weight excluding hydrogens is 960 g/mol. The normalized spacial score (nSPS) is 11.2. The molecule has 0 aliphatic rings. The SMILES string of the molecule is O=P(Oc1c(-c2ccccc2)ccc(-c2ccccc2)c1-c1ccccc1)(Oc1c(-c2ccccc2)ccc(-c2ccccc2)c1-c1ccccc1)Oc1c(-c2ccccc2)ccc(-c2ccccc2)c1-c1ccccc1. The second-order valence-corrected chi connectivity index (χ2v) is 20.1. The molecule has 0 atom stereocenters. The molecule has 12 aromatic rings. The smallest absolute Gasteiger partial charge is 0.385 e. The Morgan fingerprint density at radius 3 is 0.532 bits per heavy atom. The van der Waals surface area contributed by atoms with Gasteiger partial charge in [-0.15, -0.1) is 0 Å². The molecule has 77 heavy (non-hydrogen) atoms. The second-order valence-electron chi connectivity index (χ2n) is 18.6. The van der Waals surface area contributed by atoms with Gasteiger partial charge in [-0.2, -0.15) is 4.57 Å². The summed E-state index contributed by atoms with van der Waals surface area (Å²) in [6.07, 6.45) is 0. The average molecular weight is 1010 g/mol. The van der Waals surface area contributed by atoms with Crippen LogP contribution in [-0.4, -0.2) is 0 Å². The fourth-order valence-corrected chi connectivity index (χ4v) is 11.6. The van der Waals surface area contributed by atoms with Crippen LogP contribution in [0.15, 0.2) is 309 Å². The highest BCUT2D eigenvalue weighted by Crippen LogP contribution is 2.61. The zero-order valence-corrected chi connectivity index (χ0v) is 42.9. The third-order valence-corrected chi connectivity index (χ3v) is 15.0. The van der Waals surface area contributed by atoms with Gasteiger partial charge in [-0.1, -0.05) is 291 Å². The zero-order chi connectivity index (χ0) is 51.8. The lowest BCUT2D eigenvalue weighted by molar-refractivity contribution is 0.301. The molecule has 0 aromatic heterocycles. The molecule has 0 bridgehead atoms. The molecule has 0 amide bonds. The summed E-state index contributed by atoms with van der Waals surface area (Å²) < 4.78 is 40.7. The van der Waals surface area contributed by atoms with Crippen molar-refractivity contribution in [3.05, 3.63) is 309 Å². The van der Waals surface area contributed by atoms with Gasteiger partial charge < -0.3 is 13.6 Å². The lowest BCUT2D eigenvalue weighted by Gasteiger charge is -2.28. The van der Waals surface area contributed by atoms with E-state index in [-0.39, 0.29) is 0 Å². The van der Waals surface area contributed by atoms with Crippen LogP contribution in [0, 0.1) is 0 Å². The molecule has 4 nitrogen and oxygen atoms in total. The van der Waals surface area contributed by atoms with Crippen LogP contribution >= 0.6 is 7.82 Å². The maximum atomic E-state index is 17.9. The highest BCUT2D eigenvalue weighted by Gasteiger charge is 2.40. The topological polar surface area (TPSA) is 44.8 Å². The minimum absolute atomic E-state index is 0.329. The molecule has 0 aliphatic heterocycles. The largest absolute Gasteiger partial charge is 0.647 e. The molecule has 0 saturated heterocycles. The Balaban J connectivity index is 1.21. The van der Waals surface area contributed by atoms with Crippen molar-refractivity contribution in [3.8, 4) is 117 Å². The van der Waals surface area contributed by atoms with E-state index in [1.54, 1.807) is 0 Å². The first-order valence-electron chi connectivity index (χ1n) is 25.8. The lowest BCUT2D eigenvalue weighted by Crippen LogP contribution is -2.12. The monoisotopic (exact) mass is 1010 g/mol. The molecule has 0 saturated carbocycles. The van der Waals surface area contributed by atoms with Crippen molar-refractivity contribution in [2.24, 2.45) is 0 Å². The predicted molar refractivity (Wildman–Crippen MR) is 318 cm³/mol. The van der Waals surface area contributed by atoms with Crippen LogP contribution in [0.2, 0.25) is 0 Å². The van der Waals surface area contributed by atoms with Gasteiger partial charge in [0.1, 0.15) is 17.2 Å². The quantitative estimate of drug-likeness (QED) is 0.0960. The molecular formula is C72H51O4P. The third-order valence-electron chi connectivity index (χ3n) is 13.8. The number of rotatable bonds is 15. The summed E-state index contributed by atoms with van der Waals surface area (Å²) >= 11 is 0. The molecule has 12 rings (SSSR count). The Hall–Kier alpha value is -9.73. The number of phosphoric ester groups is 1. The summed E-state index contributed by atoms with van der Waals surface area (Å²) in [6.45, 7) is 0. The van der Waals surface area contributed by atoms with E-state index in [0.29, 0.717) is 33.9 Å². The summed E-state index contributed by atoms with van der Waals surface area (Å²) in [4.78, 5) is 0. The molecule has 0 heterocycles. The van der Waals surface area contributed by atoms with E-state index >= 15 is 4.57 Å². The van der Waals surface area contributed by atoms with Gasteiger partial charge in [-0.05, 0) is 85.0 Å². The molecule has 0 radical (unpaired) electrons. The summed E-state index contributed by atoms with van der Waals surface area (Å²) in [7, 11) is -5.10. The summed E-state index contributed by atoms with van der Waals surface area (Å²) in [5, 5.41) is 0. The molecule has 5 heteroatoms. The molecule has 0 N–H and O–H groups in total. The van der Waals surface area contributed by atoms with E-state index < -0.39 is 7.82 Å². The maximum Gasteiger partial charge on any atom is 0.647 e. The Labute approximate surface area is 450 Å². The van der Waals surface area contributed by atoms with Crippen LogP contribution in [0.3, 0.4) is 0 Å². The van der Waals surface area contributed by atoms with E-state index in [2.05, 4.69) is 91.0 Å². The van der Waals surface area contributed by atoms with E-state index in [4.69, 9.17) is 13.6 Å². The van der Waals surface area contributed by atoms with Crippen molar-refractivity contribution in [2.75, 3.05) is 0 Å². The number of benzene rings is 12. The Morgan fingerprint density at radius 2 is 0.338 bits per heavy atom. The van der Waals surface area contributed by atoms with Crippen molar-refractivity contribution < 1.29 is 18.1 Å². The Bertz CT molecular complexity index is 3560. The van der Waals surface area contributed by atoms with E-state index in [9.17, 15) is 0 Å². The first-order valence-corrected chi connectivity index (χ1v) is 27.2. The molecule has 0 unspecified atom stereocenters. The maximum absolute atomic E-state index is 17.9. The van der Waals surface area contributed by atoms with Gasteiger partial charge in [0.05, 0.1) is 0 Å². The minimum atomic E-state index is -5.10. The average Bonchev–Trinajstić information content (AvgIpc) is 3.54. The van der Waals surface area contributed by atoms with Gasteiger partial charge in [0.25, 0.3) is 0 Å². The van der Waals surface area contributed by atoms with Crippen LogP contribution < -0.4 is 13.6 Å². The van der Waals surface area contributed by atoms with E-state index in [1.165, 1.54) is 0 Å². The van der Waals surface area contributed by atoms with E-state index in [1.807, 2.05) is 218 Å². The molecule has 0 spiro atoms. The zero-order valence-electron chi connectivity index (χ0n) is 42.0. The number of hydrogen-bond acceptors (Lipinski definition) is 4. The van der Waals surface area contributed by atoms with Gasteiger partial charge >= 0.3 is 7.82 Å². The van der Waals surface area contributed by atoms with Gasteiger partial charge in [0, 0.05) is 33.4 Å². The first kappa shape index (κ1) is 48.2. The standard InChI is InChI=1S/C72H51O4P/c73-77(74-70-64(55-34-16-4-17-35-55)49-46-61(52-28-10-1-11-29-52)67(70)58-40-22-7-23-41-58,75-71-65(56-36-18-5-19-37-56)50-47-62(53-30-12-2-13-31-53)68(71)59-42-24-8-25-43-59)76-72-66(57-38-20-6-21-39-57)51-48-63(54-32-14-3-15-33-54)69(72)60-44-26-9-27-45-60/h1-51H. The predicted octanol–water partition coefficient (Wildman–Crippen LogP) is 20.3. The van der Waals surface area contributed by atoms with Crippen LogP contribution in [0.25, 0.3) is 100 Å². The number of phosphoric acid groups is 1. The number of hydrogen-bond donors (Lipinski definition) is 0. The fourth-order valence-electron chi connectivity index (χ4n) is 10.2. The highest BCUT2D eigenvalue weighted by atomic mass is 31.2. The Kier molecular flexibility index (Phi) is 13.8.